The van der Waals surface area contributed by atoms with E-state index in [4.69, 9.17) is 9.73 Å². The molecule has 1 unspecified atom stereocenters. The molecule has 158 valence electrons. The summed E-state index contributed by atoms with van der Waals surface area (Å²) in [6.45, 7) is 12.0. The van der Waals surface area contributed by atoms with Crippen molar-refractivity contribution in [2.24, 2.45) is 4.99 Å². The third kappa shape index (κ3) is 8.11. The minimum atomic E-state index is -0.206. The summed E-state index contributed by atoms with van der Waals surface area (Å²) in [5, 5.41) is 3.40. The average Bonchev–Trinajstić information content (AvgIpc) is 3.20. The SMILES string of the molecule is CCCCN(C)CCN=C(NCC)N1CCN(C(=O)C2CCCO2)CC1.I. The number of amides is 1. The van der Waals surface area contributed by atoms with Crippen LogP contribution >= 0.6 is 24.0 Å². The average molecular weight is 495 g/mol. The van der Waals surface area contributed by atoms with Crippen molar-refractivity contribution in [1.29, 1.82) is 0 Å². The Balaban J connectivity index is 0.00000364. The molecule has 2 aliphatic rings. The Bertz CT molecular complexity index is 449. The Kier molecular flexibility index (Phi) is 12.3. The number of carbonyl (C=O) groups is 1. The van der Waals surface area contributed by atoms with Gasteiger partial charge >= 0.3 is 0 Å². The second kappa shape index (κ2) is 13.5. The predicted molar refractivity (Wildman–Crippen MR) is 121 cm³/mol. The van der Waals surface area contributed by atoms with E-state index in [1.807, 2.05) is 4.90 Å². The summed E-state index contributed by atoms with van der Waals surface area (Å²) in [7, 11) is 2.16. The van der Waals surface area contributed by atoms with E-state index < -0.39 is 0 Å². The fourth-order valence-electron chi connectivity index (χ4n) is 3.41. The van der Waals surface area contributed by atoms with Crippen LogP contribution in [-0.4, -0.2) is 98.7 Å². The van der Waals surface area contributed by atoms with E-state index in [0.717, 1.165) is 77.8 Å². The second-order valence-electron chi connectivity index (χ2n) is 7.21. The molecule has 0 aliphatic carbocycles. The number of guanidine groups is 1. The highest BCUT2D eigenvalue weighted by molar-refractivity contribution is 14.0. The van der Waals surface area contributed by atoms with E-state index in [1.165, 1.54) is 12.8 Å². The fraction of sp³-hybridized carbons (Fsp3) is 0.895. The van der Waals surface area contributed by atoms with Crippen molar-refractivity contribution >= 4 is 35.8 Å². The Hall–Kier alpha value is -0.610. The number of ether oxygens (including phenoxy) is 1. The lowest BCUT2D eigenvalue weighted by atomic mass is 10.2. The standard InChI is InChI=1S/C19H37N5O2.HI/c1-4-6-10-22(3)11-9-21-19(20-5-2)24-14-12-23(13-15-24)18(25)17-8-7-16-26-17;/h17H,4-16H2,1-3H3,(H,20,21);1H. The molecule has 0 bridgehead atoms. The molecule has 1 amide bonds. The van der Waals surface area contributed by atoms with E-state index in [9.17, 15) is 4.79 Å². The van der Waals surface area contributed by atoms with Crippen molar-refractivity contribution in [2.75, 3.05) is 66.0 Å². The summed E-state index contributed by atoms with van der Waals surface area (Å²) >= 11 is 0. The smallest absolute Gasteiger partial charge is 0.251 e. The highest BCUT2D eigenvalue weighted by Crippen LogP contribution is 2.16. The Morgan fingerprint density at radius 3 is 2.48 bits per heavy atom. The molecule has 2 rings (SSSR count). The monoisotopic (exact) mass is 495 g/mol. The quantitative estimate of drug-likeness (QED) is 0.315. The maximum Gasteiger partial charge on any atom is 0.251 e. The first-order chi connectivity index (χ1) is 12.7. The van der Waals surface area contributed by atoms with Gasteiger partial charge in [0, 0.05) is 45.9 Å². The minimum absolute atomic E-state index is 0. The summed E-state index contributed by atoms with van der Waals surface area (Å²) in [5.41, 5.74) is 0. The van der Waals surface area contributed by atoms with Crippen LogP contribution in [0, 0.1) is 0 Å². The van der Waals surface area contributed by atoms with Crippen LogP contribution in [0.2, 0.25) is 0 Å². The molecule has 2 saturated heterocycles. The Morgan fingerprint density at radius 1 is 1.19 bits per heavy atom. The lowest BCUT2D eigenvalue weighted by Gasteiger charge is -2.37. The van der Waals surface area contributed by atoms with Crippen LogP contribution in [0.5, 0.6) is 0 Å². The molecule has 0 spiro atoms. The number of carbonyl (C=O) groups excluding carboxylic acids is 1. The van der Waals surface area contributed by atoms with Crippen LogP contribution in [0.15, 0.2) is 4.99 Å². The molecule has 0 radical (unpaired) electrons. The highest BCUT2D eigenvalue weighted by atomic mass is 127. The molecule has 2 heterocycles. The minimum Gasteiger partial charge on any atom is -0.368 e. The van der Waals surface area contributed by atoms with Gasteiger partial charge in [-0.2, -0.15) is 0 Å². The summed E-state index contributed by atoms with van der Waals surface area (Å²) in [6.07, 6.45) is 4.13. The number of likely N-dealkylation sites (N-methyl/N-ethyl adjacent to an activating group) is 1. The van der Waals surface area contributed by atoms with Crippen LogP contribution in [0.3, 0.4) is 0 Å². The number of nitrogens with zero attached hydrogens (tertiary/aromatic N) is 4. The third-order valence-electron chi connectivity index (χ3n) is 5.07. The molecule has 27 heavy (non-hydrogen) atoms. The maximum absolute atomic E-state index is 12.5. The van der Waals surface area contributed by atoms with E-state index in [0.29, 0.717) is 0 Å². The molecule has 0 aromatic rings. The lowest BCUT2D eigenvalue weighted by molar-refractivity contribution is -0.142. The number of hydrogen-bond acceptors (Lipinski definition) is 4. The van der Waals surface area contributed by atoms with Crippen LogP contribution in [0.1, 0.15) is 39.5 Å². The molecule has 2 aliphatic heterocycles. The first kappa shape index (κ1) is 24.4. The molecule has 0 saturated carbocycles. The molecule has 0 aromatic carbocycles. The molecule has 1 N–H and O–H groups in total. The summed E-state index contributed by atoms with van der Waals surface area (Å²) in [6, 6.07) is 0. The van der Waals surface area contributed by atoms with Crippen molar-refractivity contribution in [1.82, 2.24) is 20.0 Å². The maximum atomic E-state index is 12.5. The zero-order valence-electron chi connectivity index (χ0n) is 17.3. The zero-order chi connectivity index (χ0) is 18.8. The van der Waals surface area contributed by atoms with Gasteiger partial charge in [-0.05, 0) is 39.8 Å². The van der Waals surface area contributed by atoms with Crippen LogP contribution in [-0.2, 0) is 9.53 Å². The normalized spacial score (nSPS) is 20.7. The third-order valence-corrected chi connectivity index (χ3v) is 5.07. The molecule has 2 fully saturated rings. The number of halogens is 1. The van der Waals surface area contributed by atoms with Gasteiger partial charge < -0.3 is 24.8 Å². The van der Waals surface area contributed by atoms with E-state index in [1.54, 1.807) is 0 Å². The Morgan fingerprint density at radius 2 is 1.89 bits per heavy atom. The number of unbranched alkanes of at least 4 members (excludes halogenated alkanes) is 1. The highest BCUT2D eigenvalue weighted by Gasteiger charge is 2.30. The van der Waals surface area contributed by atoms with Gasteiger partial charge in [0.1, 0.15) is 6.10 Å². The molecular formula is C19H38IN5O2. The Labute approximate surface area is 181 Å². The predicted octanol–water partition coefficient (Wildman–Crippen LogP) is 1.63. The second-order valence-corrected chi connectivity index (χ2v) is 7.21. The summed E-state index contributed by atoms with van der Waals surface area (Å²) in [5.74, 6) is 1.14. The van der Waals surface area contributed by atoms with Gasteiger partial charge in [-0.3, -0.25) is 9.79 Å². The zero-order valence-corrected chi connectivity index (χ0v) is 19.6. The largest absolute Gasteiger partial charge is 0.368 e. The van der Waals surface area contributed by atoms with Crippen molar-refractivity contribution in [2.45, 2.75) is 45.6 Å². The van der Waals surface area contributed by atoms with Crippen LogP contribution in [0.4, 0.5) is 0 Å². The van der Waals surface area contributed by atoms with E-state index >= 15 is 0 Å². The van der Waals surface area contributed by atoms with Crippen molar-refractivity contribution < 1.29 is 9.53 Å². The summed E-state index contributed by atoms with van der Waals surface area (Å²) < 4.78 is 5.54. The van der Waals surface area contributed by atoms with Crippen LogP contribution < -0.4 is 5.32 Å². The molecule has 1 atom stereocenters. The van der Waals surface area contributed by atoms with Crippen LogP contribution in [0.25, 0.3) is 0 Å². The molecular weight excluding hydrogens is 457 g/mol. The van der Waals surface area contributed by atoms with E-state index in [2.05, 4.69) is 36.0 Å². The lowest BCUT2D eigenvalue weighted by Crippen LogP contribution is -2.55. The van der Waals surface area contributed by atoms with Gasteiger partial charge in [0.05, 0.1) is 6.54 Å². The number of aliphatic imine (C=N–C) groups is 1. The fourth-order valence-corrected chi connectivity index (χ4v) is 3.41. The van der Waals surface area contributed by atoms with Gasteiger partial charge in [0.15, 0.2) is 5.96 Å². The van der Waals surface area contributed by atoms with Crippen molar-refractivity contribution in [3.05, 3.63) is 0 Å². The van der Waals surface area contributed by atoms with Gasteiger partial charge in [-0.25, -0.2) is 0 Å². The molecule has 0 aromatic heterocycles. The first-order valence-electron chi connectivity index (χ1n) is 10.3. The van der Waals surface area contributed by atoms with Crippen molar-refractivity contribution in [3.8, 4) is 0 Å². The molecule has 8 heteroatoms. The topological polar surface area (TPSA) is 60.4 Å². The van der Waals surface area contributed by atoms with Gasteiger partial charge in [-0.1, -0.05) is 13.3 Å². The van der Waals surface area contributed by atoms with Gasteiger partial charge in [-0.15, -0.1) is 24.0 Å². The summed E-state index contributed by atoms with van der Waals surface area (Å²) in [4.78, 5) is 23.8. The first-order valence-corrected chi connectivity index (χ1v) is 10.3. The van der Waals surface area contributed by atoms with Gasteiger partial charge in [0.25, 0.3) is 5.91 Å². The number of piperazine rings is 1. The van der Waals surface area contributed by atoms with Gasteiger partial charge in [0.2, 0.25) is 0 Å². The molecule has 7 nitrogen and oxygen atoms in total. The van der Waals surface area contributed by atoms with Crippen molar-refractivity contribution in [3.63, 3.8) is 0 Å². The number of nitrogens with one attached hydrogen (secondary N) is 1. The number of rotatable bonds is 8. The van der Waals surface area contributed by atoms with E-state index in [-0.39, 0.29) is 36.0 Å². The number of hydrogen-bond donors (Lipinski definition) is 1.